The molecular formula is C21H36N3O3S-. The van der Waals surface area contributed by atoms with E-state index in [0.29, 0.717) is 18.8 Å². The number of anilines is 1. The van der Waals surface area contributed by atoms with Gasteiger partial charge in [-0.25, -0.2) is 0 Å². The van der Waals surface area contributed by atoms with Crippen molar-refractivity contribution in [3.05, 3.63) is 29.3 Å². The van der Waals surface area contributed by atoms with Crippen molar-refractivity contribution in [3.8, 4) is 0 Å². The molecular weight excluding hydrogens is 374 g/mol. The first-order chi connectivity index (χ1) is 13.1. The molecule has 7 heteroatoms. The van der Waals surface area contributed by atoms with Crippen LogP contribution < -0.4 is 10.4 Å². The molecule has 0 saturated carbocycles. The Morgan fingerprint density at radius 2 is 1.50 bits per heavy atom. The van der Waals surface area contributed by atoms with Crippen LogP contribution in [0, 0.1) is 0 Å². The Hall–Kier alpha value is -1.60. The van der Waals surface area contributed by atoms with E-state index < -0.39 is 16.2 Å². The summed E-state index contributed by atoms with van der Waals surface area (Å²) in [4.78, 5) is 0. The molecule has 1 aromatic carbocycles. The normalized spacial score (nSPS) is 13.0. The number of nitrogens with zero attached hydrogens (tertiary/aromatic N) is 2. The SMILES string of the molecule is CCCCN(CCCC)S(=O)(=O)/N=C(\[O-])Nc1c(C(C)C)cccc1C(C)C. The van der Waals surface area contributed by atoms with Crippen molar-refractivity contribution in [1.29, 1.82) is 0 Å². The van der Waals surface area contributed by atoms with Crippen LogP contribution in [0.1, 0.15) is 90.2 Å². The molecule has 1 aromatic rings. The minimum absolute atomic E-state index is 0.191. The Balaban J connectivity index is 3.20. The number of benzene rings is 1. The predicted molar refractivity (Wildman–Crippen MR) is 116 cm³/mol. The van der Waals surface area contributed by atoms with Crippen LogP contribution in [0.3, 0.4) is 0 Å². The lowest BCUT2D eigenvalue weighted by molar-refractivity contribution is -0.213. The summed E-state index contributed by atoms with van der Waals surface area (Å²) < 4.78 is 30.2. The molecule has 0 aliphatic carbocycles. The highest BCUT2D eigenvalue weighted by molar-refractivity contribution is 7.87. The third-order valence-electron chi connectivity index (χ3n) is 4.65. The Morgan fingerprint density at radius 1 is 1.04 bits per heavy atom. The van der Waals surface area contributed by atoms with Gasteiger partial charge >= 0.3 is 10.2 Å². The second kappa shape index (κ2) is 11.4. The van der Waals surface area contributed by atoms with Crippen LogP contribution in [0.4, 0.5) is 5.69 Å². The quantitative estimate of drug-likeness (QED) is 0.437. The van der Waals surface area contributed by atoms with Crippen LogP contribution in [-0.2, 0) is 10.2 Å². The van der Waals surface area contributed by atoms with E-state index in [1.807, 2.05) is 59.7 Å². The van der Waals surface area contributed by atoms with E-state index >= 15 is 0 Å². The molecule has 0 amide bonds. The fraction of sp³-hybridized carbons (Fsp3) is 0.667. The van der Waals surface area contributed by atoms with Gasteiger partial charge in [-0.2, -0.15) is 12.7 Å². The van der Waals surface area contributed by atoms with Crippen molar-refractivity contribution in [2.24, 2.45) is 4.40 Å². The summed E-state index contributed by atoms with van der Waals surface area (Å²) in [5.41, 5.74) is 2.62. The summed E-state index contributed by atoms with van der Waals surface area (Å²) in [7, 11) is -4.01. The minimum atomic E-state index is -4.01. The number of para-hydroxylation sites is 1. The second-order valence-electron chi connectivity index (χ2n) is 7.73. The highest BCUT2D eigenvalue weighted by atomic mass is 32.2. The molecule has 6 nitrogen and oxygen atoms in total. The maximum absolute atomic E-state index is 12.7. The maximum atomic E-state index is 12.7. The Labute approximate surface area is 171 Å². The molecule has 0 spiro atoms. The van der Waals surface area contributed by atoms with Gasteiger partial charge in [-0.3, -0.25) is 0 Å². The molecule has 0 aliphatic heterocycles. The van der Waals surface area contributed by atoms with Gasteiger partial charge in [-0.05, 0) is 35.8 Å². The van der Waals surface area contributed by atoms with Crippen LogP contribution in [0.15, 0.2) is 22.6 Å². The van der Waals surface area contributed by atoms with Crippen molar-refractivity contribution in [3.63, 3.8) is 0 Å². The molecule has 0 unspecified atom stereocenters. The Kier molecular flexibility index (Phi) is 9.96. The number of rotatable bonds is 11. The topological polar surface area (TPSA) is 84.8 Å². The van der Waals surface area contributed by atoms with E-state index in [-0.39, 0.29) is 11.8 Å². The summed E-state index contributed by atoms with van der Waals surface area (Å²) in [6, 6.07) is 5.03. The second-order valence-corrected chi connectivity index (χ2v) is 9.32. The van der Waals surface area contributed by atoms with Crippen molar-refractivity contribution >= 4 is 21.9 Å². The lowest BCUT2D eigenvalue weighted by atomic mass is 9.93. The van der Waals surface area contributed by atoms with Gasteiger partial charge in [0.05, 0.1) is 6.02 Å². The third-order valence-corrected chi connectivity index (χ3v) is 6.07. The van der Waals surface area contributed by atoms with Crippen LogP contribution in [0.2, 0.25) is 0 Å². The molecule has 0 atom stereocenters. The summed E-state index contributed by atoms with van der Waals surface area (Å²) in [6.45, 7) is 12.9. The molecule has 160 valence electrons. The Morgan fingerprint density at radius 3 is 1.89 bits per heavy atom. The highest BCUT2D eigenvalue weighted by Crippen LogP contribution is 2.32. The molecule has 0 aliphatic rings. The largest absolute Gasteiger partial charge is 0.845 e. The first-order valence-corrected chi connectivity index (χ1v) is 11.7. The van der Waals surface area contributed by atoms with Crippen molar-refractivity contribution in [2.75, 3.05) is 18.4 Å². The predicted octanol–water partition coefficient (Wildman–Crippen LogP) is 4.21. The van der Waals surface area contributed by atoms with Gasteiger partial charge in [0.1, 0.15) is 0 Å². The number of nitrogens with one attached hydrogen (secondary N) is 1. The summed E-state index contributed by atoms with van der Waals surface area (Å²) in [5, 5.41) is 15.3. The van der Waals surface area contributed by atoms with Crippen molar-refractivity contribution < 1.29 is 13.5 Å². The maximum Gasteiger partial charge on any atom is 0.323 e. The fourth-order valence-corrected chi connectivity index (χ4v) is 4.09. The van der Waals surface area contributed by atoms with Gasteiger partial charge in [0, 0.05) is 18.8 Å². The van der Waals surface area contributed by atoms with E-state index in [1.54, 1.807) is 0 Å². The molecule has 1 N–H and O–H groups in total. The van der Waals surface area contributed by atoms with Gasteiger partial charge in [0.2, 0.25) is 0 Å². The molecule has 0 bridgehead atoms. The van der Waals surface area contributed by atoms with Crippen LogP contribution in [-0.4, -0.2) is 31.8 Å². The number of hydrogen-bond acceptors (Lipinski definition) is 3. The fourth-order valence-electron chi connectivity index (χ4n) is 3.00. The average molecular weight is 411 g/mol. The van der Waals surface area contributed by atoms with E-state index in [2.05, 4.69) is 9.71 Å². The summed E-state index contributed by atoms with van der Waals surface area (Å²) in [5.74, 6) is 0.382. The van der Waals surface area contributed by atoms with Gasteiger partial charge in [-0.1, -0.05) is 72.6 Å². The summed E-state index contributed by atoms with van der Waals surface area (Å²) >= 11 is 0. The lowest BCUT2D eigenvalue weighted by Gasteiger charge is -2.24. The summed E-state index contributed by atoms with van der Waals surface area (Å²) in [6.07, 6.45) is 3.25. The average Bonchev–Trinajstić information content (AvgIpc) is 2.60. The molecule has 0 heterocycles. The Bertz CT molecular complexity index is 709. The van der Waals surface area contributed by atoms with Crippen LogP contribution >= 0.6 is 0 Å². The molecule has 0 radical (unpaired) electrons. The monoisotopic (exact) mass is 410 g/mol. The zero-order chi connectivity index (χ0) is 21.3. The molecule has 1 rings (SSSR count). The first kappa shape index (κ1) is 24.4. The molecule has 0 fully saturated rings. The zero-order valence-electron chi connectivity index (χ0n) is 18.2. The van der Waals surface area contributed by atoms with Gasteiger partial charge in [-0.15, -0.1) is 4.40 Å². The van der Waals surface area contributed by atoms with E-state index in [0.717, 1.165) is 36.8 Å². The number of hydrogen-bond donors (Lipinski definition) is 1. The third kappa shape index (κ3) is 7.09. The molecule has 0 aromatic heterocycles. The van der Waals surface area contributed by atoms with Crippen molar-refractivity contribution in [2.45, 2.75) is 79.1 Å². The van der Waals surface area contributed by atoms with Crippen LogP contribution in [0.25, 0.3) is 0 Å². The molecule has 28 heavy (non-hydrogen) atoms. The van der Waals surface area contributed by atoms with Gasteiger partial charge in [0.25, 0.3) is 0 Å². The number of amidine groups is 1. The molecule has 0 saturated heterocycles. The lowest BCUT2D eigenvalue weighted by Crippen LogP contribution is -2.36. The number of unbranched alkanes of at least 4 members (excludes halogenated alkanes) is 2. The standard InChI is InChI=1S/C21H37N3O3S/c1-7-9-14-24(15-10-8-2)28(26,27)23-21(25)22-20-18(16(3)4)12-11-13-19(20)17(5)6/h11-13,16-17H,7-10,14-15H2,1-6H3,(H2,22,23,25)/p-1. The van der Waals surface area contributed by atoms with E-state index in [4.69, 9.17) is 0 Å². The first-order valence-electron chi connectivity index (χ1n) is 10.3. The van der Waals surface area contributed by atoms with Crippen LogP contribution in [0.5, 0.6) is 0 Å². The zero-order valence-corrected chi connectivity index (χ0v) is 19.0. The highest BCUT2D eigenvalue weighted by Gasteiger charge is 2.20. The van der Waals surface area contributed by atoms with E-state index in [9.17, 15) is 13.5 Å². The van der Waals surface area contributed by atoms with E-state index in [1.165, 1.54) is 4.31 Å². The van der Waals surface area contributed by atoms with Gasteiger partial charge < -0.3 is 10.4 Å². The minimum Gasteiger partial charge on any atom is -0.845 e. The van der Waals surface area contributed by atoms with Crippen molar-refractivity contribution in [1.82, 2.24) is 4.31 Å². The van der Waals surface area contributed by atoms with Gasteiger partial charge in [0.15, 0.2) is 0 Å². The smallest absolute Gasteiger partial charge is 0.323 e.